The van der Waals surface area contributed by atoms with Gasteiger partial charge in [0.05, 0.1) is 32.1 Å². The second kappa shape index (κ2) is 9.66. The predicted molar refractivity (Wildman–Crippen MR) is 116 cm³/mol. The summed E-state index contributed by atoms with van der Waals surface area (Å²) >= 11 is 0. The summed E-state index contributed by atoms with van der Waals surface area (Å²) in [4.78, 5) is 21.4. The Kier molecular flexibility index (Phi) is 6.53. The zero-order chi connectivity index (χ0) is 25.7. The van der Waals surface area contributed by atoms with Gasteiger partial charge in [-0.2, -0.15) is 21.0 Å². The Bertz CT molecular complexity index is 1460. The van der Waals surface area contributed by atoms with E-state index in [0.717, 1.165) is 24.3 Å². The van der Waals surface area contributed by atoms with Gasteiger partial charge in [0.15, 0.2) is 0 Å². The van der Waals surface area contributed by atoms with Crippen molar-refractivity contribution in [1.82, 2.24) is 0 Å². The van der Waals surface area contributed by atoms with E-state index in [1.165, 1.54) is 18.2 Å². The molecule has 0 aliphatic carbocycles. The molecule has 0 aromatic heterocycles. The van der Waals surface area contributed by atoms with Gasteiger partial charge in [-0.1, -0.05) is 0 Å². The molecule has 0 unspecified atom stereocenters. The summed E-state index contributed by atoms with van der Waals surface area (Å²) in [5.74, 6) is -0.543. The average molecular weight is 466 g/mol. The normalized spacial score (nSPS) is 9.63. The van der Waals surface area contributed by atoms with E-state index in [2.05, 4.69) is 0 Å². The third-order valence-corrected chi connectivity index (χ3v) is 4.55. The Morgan fingerprint density at radius 2 is 0.971 bits per heavy atom. The fourth-order valence-corrected chi connectivity index (χ4v) is 3.04. The van der Waals surface area contributed by atoms with E-state index < -0.39 is 21.2 Å². The summed E-state index contributed by atoms with van der Waals surface area (Å²) < 4.78 is 11.2. The van der Waals surface area contributed by atoms with Crippen LogP contribution < -0.4 is 9.47 Å². The molecule has 3 aromatic carbocycles. The maximum absolute atomic E-state index is 11.5. The Morgan fingerprint density at radius 3 is 1.29 bits per heavy atom. The van der Waals surface area contributed by atoms with Crippen LogP contribution in [0.5, 0.6) is 23.0 Å². The van der Waals surface area contributed by atoms with Crippen LogP contribution in [0.4, 0.5) is 11.4 Å². The number of nitro benzene ring substituents is 2. The molecule has 0 atom stereocenters. The highest BCUT2D eigenvalue weighted by atomic mass is 16.6. The molecular formula is C23H10N6O6. The summed E-state index contributed by atoms with van der Waals surface area (Å²) in [5, 5.41) is 59.6. The Morgan fingerprint density at radius 1 is 0.629 bits per heavy atom. The molecule has 0 bridgehead atoms. The van der Waals surface area contributed by atoms with Crippen molar-refractivity contribution in [3.8, 4) is 47.3 Å². The van der Waals surface area contributed by atoms with E-state index in [9.17, 15) is 30.8 Å². The van der Waals surface area contributed by atoms with Gasteiger partial charge < -0.3 is 9.47 Å². The SMILES string of the molecule is Cc1cc(Oc2cc(C#N)c(C#N)cc2[N+](=O)[O-])cc(Oc2cc(C#N)c(C#N)cc2[N+](=O)[O-])c1. The lowest BCUT2D eigenvalue weighted by Crippen LogP contribution is -1.98. The molecule has 0 saturated heterocycles. The minimum atomic E-state index is -0.770. The topological polar surface area (TPSA) is 200 Å². The average Bonchev–Trinajstić information content (AvgIpc) is 2.82. The minimum Gasteiger partial charge on any atom is -0.450 e. The molecule has 0 amide bonds. The van der Waals surface area contributed by atoms with Crippen LogP contribution in [0.2, 0.25) is 0 Å². The minimum absolute atomic E-state index is 0.0357. The summed E-state index contributed by atoms with van der Waals surface area (Å²) in [6.07, 6.45) is 0. The van der Waals surface area contributed by atoms with Gasteiger partial charge in [0.25, 0.3) is 0 Å². The van der Waals surface area contributed by atoms with Crippen LogP contribution in [-0.2, 0) is 0 Å². The molecule has 12 nitrogen and oxygen atoms in total. The molecule has 12 heteroatoms. The number of ether oxygens (including phenoxy) is 2. The van der Waals surface area contributed by atoms with Crippen LogP contribution >= 0.6 is 0 Å². The number of nitro groups is 2. The molecule has 0 fully saturated rings. The maximum Gasteiger partial charge on any atom is 0.312 e. The van der Waals surface area contributed by atoms with Crippen molar-refractivity contribution in [1.29, 1.82) is 21.0 Å². The summed E-state index contributed by atoms with van der Waals surface area (Å²) in [6, 6.07) is 15.2. The van der Waals surface area contributed by atoms with E-state index in [-0.39, 0.29) is 45.3 Å². The van der Waals surface area contributed by atoms with E-state index in [4.69, 9.17) is 20.0 Å². The molecular weight excluding hydrogens is 456 g/mol. The number of hydrogen-bond donors (Lipinski definition) is 0. The van der Waals surface area contributed by atoms with Crippen molar-refractivity contribution >= 4 is 11.4 Å². The van der Waals surface area contributed by atoms with Crippen molar-refractivity contribution in [2.45, 2.75) is 6.92 Å². The number of hydrogen-bond acceptors (Lipinski definition) is 10. The highest BCUT2D eigenvalue weighted by molar-refractivity contribution is 5.62. The molecule has 3 rings (SSSR count). The highest BCUT2D eigenvalue weighted by Gasteiger charge is 2.23. The molecule has 35 heavy (non-hydrogen) atoms. The Balaban J connectivity index is 2.07. The zero-order valence-corrected chi connectivity index (χ0v) is 17.7. The first kappa shape index (κ1) is 23.7. The third kappa shape index (κ3) is 4.93. The first-order valence-corrected chi connectivity index (χ1v) is 9.43. The van der Waals surface area contributed by atoms with Crippen molar-refractivity contribution in [2.24, 2.45) is 0 Å². The van der Waals surface area contributed by atoms with Crippen LogP contribution in [0, 0.1) is 72.5 Å². The second-order valence-electron chi connectivity index (χ2n) is 6.88. The molecule has 0 aliphatic heterocycles. The largest absolute Gasteiger partial charge is 0.450 e. The Labute approximate surface area is 196 Å². The van der Waals surface area contributed by atoms with Crippen LogP contribution in [-0.4, -0.2) is 9.85 Å². The van der Waals surface area contributed by atoms with Crippen LogP contribution in [0.1, 0.15) is 27.8 Å². The molecule has 3 aromatic rings. The van der Waals surface area contributed by atoms with Gasteiger partial charge in [-0.05, 0) is 24.6 Å². The number of benzene rings is 3. The van der Waals surface area contributed by atoms with Gasteiger partial charge >= 0.3 is 11.4 Å². The fourth-order valence-electron chi connectivity index (χ4n) is 3.04. The van der Waals surface area contributed by atoms with Gasteiger partial charge in [0, 0.05) is 30.3 Å². The lowest BCUT2D eigenvalue weighted by molar-refractivity contribution is -0.385. The quantitative estimate of drug-likeness (QED) is 0.356. The van der Waals surface area contributed by atoms with Crippen LogP contribution in [0.3, 0.4) is 0 Å². The predicted octanol–water partition coefficient (Wildman–Crippen LogP) is 4.88. The summed E-state index contributed by atoms with van der Waals surface area (Å²) in [7, 11) is 0. The summed E-state index contributed by atoms with van der Waals surface area (Å²) in [5.41, 5.74) is -1.20. The second-order valence-corrected chi connectivity index (χ2v) is 6.88. The standard InChI is InChI=1S/C23H10N6O6/c1-13-2-18(34-22-6-16(11-26)14(9-24)4-20(22)28(30)31)8-19(3-13)35-23-7-17(12-27)15(10-25)5-21(23)29(32)33/h2-8H,1H3. The number of aryl methyl sites for hydroxylation is 1. The van der Waals surface area contributed by atoms with E-state index in [0.29, 0.717) is 5.56 Å². The molecule has 0 spiro atoms. The van der Waals surface area contributed by atoms with Gasteiger partial charge in [0.2, 0.25) is 11.5 Å². The number of rotatable bonds is 6. The first-order valence-electron chi connectivity index (χ1n) is 9.43. The van der Waals surface area contributed by atoms with Crippen LogP contribution in [0.25, 0.3) is 0 Å². The van der Waals surface area contributed by atoms with Crippen molar-refractivity contribution in [3.63, 3.8) is 0 Å². The molecule has 0 N–H and O–H groups in total. The smallest absolute Gasteiger partial charge is 0.312 e. The van der Waals surface area contributed by atoms with Gasteiger partial charge in [-0.25, -0.2) is 0 Å². The van der Waals surface area contributed by atoms with Gasteiger partial charge in [-0.15, -0.1) is 0 Å². The third-order valence-electron chi connectivity index (χ3n) is 4.55. The first-order chi connectivity index (χ1) is 16.7. The fraction of sp³-hybridized carbons (Fsp3) is 0.0435. The number of nitrogens with zero attached hydrogens (tertiary/aromatic N) is 6. The van der Waals surface area contributed by atoms with E-state index >= 15 is 0 Å². The Hall–Kier alpha value is -5.98. The maximum atomic E-state index is 11.5. The highest BCUT2D eigenvalue weighted by Crippen LogP contribution is 2.38. The number of nitriles is 4. The summed E-state index contributed by atoms with van der Waals surface area (Å²) in [6.45, 7) is 1.64. The van der Waals surface area contributed by atoms with Crippen molar-refractivity contribution < 1.29 is 19.3 Å². The van der Waals surface area contributed by atoms with Crippen molar-refractivity contribution in [3.05, 3.63) is 90.5 Å². The van der Waals surface area contributed by atoms with E-state index in [1.54, 1.807) is 31.2 Å². The molecule has 168 valence electrons. The van der Waals surface area contributed by atoms with Gasteiger partial charge in [-0.3, -0.25) is 20.2 Å². The van der Waals surface area contributed by atoms with Crippen molar-refractivity contribution in [2.75, 3.05) is 0 Å². The van der Waals surface area contributed by atoms with Crippen LogP contribution in [0.15, 0.2) is 42.5 Å². The zero-order valence-electron chi connectivity index (χ0n) is 17.7. The molecule has 0 radical (unpaired) electrons. The lowest BCUT2D eigenvalue weighted by Gasteiger charge is -2.12. The monoisotopic (exact) mass is 466 g/mol. The lowest BCUT2D eigenvalue weighted by atomic mass is 10.1. The molecule has 0 aliphatic rings. The van der Waals surface area contributed by atoms with E-state index in [1.807, 2.05) is 0 Å². The molecule has 0 saturated carbocycles. The van der Waals surface area contributed by atoms with Gasteiger partial charge in [0.1, 0.15) is 35.8 Å². The molecule has 0 heterocycles.